The summed E-state index contributed by atoms with van der Waals surface area (Å²) in [6.07, 6.45) is 2.17. The van der Waals surface area contributed by atoms with Crippen LogP contribution in [0.1, 0.15) is 5.56 Å². The second-order valence-corrected chi connectivity index (χ2v) is 4.95. The molecule has 7 nitrogen and oxygen atoms in total. The molecule has 0 atom stereocenters. The number of rotatable bonds is 3. The normalized spacial score (nSPS) is 18.2. The Labute approximate surface area is 128 Å². The fourth-order valence-electron chi connectivity index (χ4n) is 1.42. The zero-order valence-electron chi connectivity index (χ0n) is 11.2. The molecule has 1 saturated heterocycles. The van der Waals surface area contributed by atoms with Crippen LogP contribution in [0.25, 0.3) is 0 Å². The Bertz CT molecular complexity index is 715. The molecule has 22 heavy (non-hydrogen) atoms. The fourth-order valence-corrected chi connectivity index (χ4v) is 2.16. The van der Waals surface area contributed by atoms with Crippen molar-refractivity contribution in [3.05, 3.63) is 40.6 Å². The number of methoxy groups -OCH3 is 1. The molecule has 1 amide bonds. The van der Waals surface area contributed by atoms with Gasteiger partial charge < -0.3 is 9.84 Å². The molecular formula is C13H10FN3O4S. The maximum Gasteiger partial charge on any atom is 0.331 e. The van der Waals surface area contributed by atoms with Gasteiger partial charge in [-0.2, -0.15) is 5.10 Å². The van der Waals surface area contributed by atoms with Crippen LogP contribution in [0, 0.1) is 5.82 Å². The number of nitrogens with zero attached hydrogens (tertiary/aromatic N) is 2. The van der Waals surface area contributed by atoms with E-state index in [1.54, 1.807) is 0 Å². The predicted molar refractivity (Wildman–Crippen MR) is 78.9 cm³/mol. The Morgan fingerprint density at radius 1 is 1.50 bits per heavy atom. The number of thioether (sulfide) groups is 1. The maximum atomic E-state index is 13.1. The largest absolute Gasteiger partial charge is 0.504 e. The van der Waals surface area contributed by atoms with Gasteiger partial charge in [-0.1, -0.05) is 6.07 Å². The van der Waals surface area contributed by atoms with E-state index in [2.05, 4.69) is 20.3 Å². The number of para-hydroxylation sites is 1. The number of hydrogen-bond donors (Lipinski definition) is 2. The minimum atomic E-state index is -0.775. The van der Waals surface area contributed by atoms with Crippen molar-refractivity contribution in [1.82, 2.24) is 5.32 Å². The summed E-state index contributed by atoms with van der Waals surface area (Å²) in [6, 6.07) is 3.97. The van der Waals surface area contributed by atoms with Crippen molar-refractivity contribution >= 4 is 35.0 Å². The van der Waals surface area contributed by atoms with Gasteiger partial charge in [0.05, 0.1) is 18.2 Å². The lowest BCUT2D eigenvalue weighted by molar-refractivity contribution is -0.135. The van der Waals surface area contributed by atoms with Gasteiger partial charge in [0.25, 0.3) is 5.91 Å². The average molecular weight is 323 g/mol. The minimum absolute atomic E-state index is 0.120. The van der Waals surface area contributed by atoms with E-state index in [1.807, 2.05) is 0 Å². The molecule has 0 saturated carbocycles. The summed E-state index contributed by atoms with van der Waals surface area (Å²) in [5.74, 6) is -2.48. The topological polar surface area (TPSA) is 100 Å². The average Bonchev–Trinajstić information content (AvgIpc) is 2.83. The van der Waals surface area contributed by atoms with E-state index in [0.29, 0.717) is 0 Å². The van der Waals surface area contributed by atoms with Crippen LogP contribution < -0.4 is 5.32 Å². The molecule has 1 fully saturated rings. The highest BCUT2D eigenvalue weighted by Gasteiger charge is 2.24. The molecule has 0 aromatic heterocycles. The van der Waals surface area contributed by atoms with Crippen LogP contribution >= 0.6 is 11.8 Å². The summed E-state index contributed by atoms with van der Waals surface area (Å²) in [5, 5.41) is 19.4. The van der Waals surface area contributed by atoms with Crippen molar-refractivity contribution in [3.8, 4) is 5.75 Å². The summed E-state index contributed by atoms with van der Waals surface area (Å²) in [5.41, 5.74) is 0.143. The predicted octanol–water partition coefficient (Wildman–Crippen LogP) is 1.14. The Kier molecular flexibility index (Phi) is 4.89. The zero-order valence-corrected chi connectivity index (χ0v) is 12.1. The number of benzene rings is 1. The van der Waals surface area contributed by atoms with Crippen LogP contribution in [0.5, 0.6) is 5.75 Å². The third-order valence-electron chi connectivity index (χ3n) is 2.46. The molecule has 0 unspecified atom stereocenters. The molecular weight excluding hydrogens is 313 g/mol. The van der Waals surface area contributed by atoms with Crippen LogP contribution in [-0.2, 0) is 14.3 Å². The second-order valence-electron chi connectivity index (χ2n) is 3.92. The van der Waals surface area contributed by atoms with Gasteiger partial charge >= 0.3 is 5.97 Å². The number of halogens is 1. The Morgan fingerprint density at radius 2 is 2.27 bits per heavy atom. The van der Waals surface area contributed by atoms with Crippen molar-refractivity contribution in [2.75, 3.05) is 7.11 Å². The first-order valence-corrected chi connectivity index (χ1v) is 6.70. The fraction of sp³-hybridized carbons (Fsp3) is 0.0769. The van der Waals surface area contributed by atoms with Crippen LogP contribution in [-0.4, -0.2) is 35.5 Å². The molecule has 0 radical (unpaired) electrons. The first-order chi connectivity index (χ1) is 10.5. The number of aromatic hydroxyl groups is 1. The van der Waals surface area contributed by atoms with E-state index in [1.165, 1.54) is 19.2 Å². The van der Waals surface area contributed by atoms with Crippen LogP contribution in [0.15, 0.2) is 39.4 Å². The number of carbonyl (C=O) groups is 2. The summed E-state index contributed by atoms with van der Waals surface area (Å²) in [6.45, 7) is 0. The van der Waals surface area contributed by atoms with Crippen molar-refractivity contribution in [2.45, 2.75) is 0 Å². The molecule has 0 spiro atoms. The molecule has 0 aliphatic carbocycles. The van der Waals surface area contributed by atoms with Crippen LogP contribution in [0.2, 0.25) is 0 Å². The molecule has 114 valence electrons. The third kappa shape index (κ3) is 3.70. The van der Waals surface area contributed by atoms with E-state index >= 15 is 0 Å². The highest BCUT2D eigenvalue weighted by molar-refractivity contribution is 8.18. The number of amides is 1. The van der Waals surface area contributed by atoms with Gasteiger partial charge in [-0.15, -0.1) is 5.10 Å². The number of hydrogen-bond acceptors (Lipinski definition) is 7. The number of amidine groups is 1. The summed E-state index contributed by atoms with van der Waals surface area (Å²) in [7, 11) is 1.20. The Hall–Kier alpha value is -2.68. The van der Waals surface area contributed by atoms with Gasteiger partial charge in [-0.05, 0) is 23.9 Å². The monoisotopic (exact) mass is 323 g/mol. The van der Waals surface area contributed by atoms with Gasteiger partial charge in [0.1, 0.15) is 0 Å². The van der Waals surface area contributed by atoms with Crippen molar-refractivity contribution in [3.63, 3.8) is 0 Å². The molecule has 1 aromatic carbocycles. The highest BCUT2D eigenvalue weighted by atomic mass is 32.2. The highest BCUT2D eigenvalue weighted by Crippen LogP contribution is 2.23. The van der Waals surface area contributed by atoms with Gasteiger partial charge in [0.15, 0.2) is 16.7 Å². The Balaban J connectivity index is 2.10. The standard InChI is InChI=1S/C13H10FN3O4S/c1-21-10(18)5-9-12(20)16-13(22-9)17-15-6-7-3-2-4-8(14)11(7)19/h2-6,19H,1H3,(H,16,17,20)/b9-5+,15-6?. The summed E-state index contributed by atoms with van der Waals surface area (Å²) in [4.78, 5) is 22.7. The zero-order chi connectivity index (χ0) is 16.1. The minimum Gasteiger partial charge on any atom is -0.504 e. The van der Waals surface area contributed by atoms with Crippen LogP contribution in [0.4, 0.5) is 4.39 Å². The first kappa shape index (κ1) is 15.7. The Morgan fingerprint density at radius 3 is 3.00 bits per heavy atom. The van der Waals surface area contributed by atoms with Crippen LogP contribution in [0.3, 0.4) is 0 Å². The molecule has 1 aliphatic rings. The maximum absolute atomic E-state index is 13.1. The molecule has 2 N–H and O–H groups in total. The smallest absolute Gasteiger partial charge is 0.331 e. The third-order valence-corrected chi connectivity index (χ3v) is 3.36. The number of esters is 1. The van der Waals surface area contributed by atoms with E-state index in [9.17, 15) is 19.1 Å². The summed E-state index contributed by atoms with van der Waals surface area (Å²) < 4.78 is 17.5. The van der Waals surface area contributed by atoms with Crippen molar-refractivity contribution in [1.29, 1.82) is 0 Å². The van der Waals surface area contributed by atoms with Gasteiger partial charge in [0, 0.05) is 11.6 Å². The van der Waals surface area contributed by atoms with E-state index in [4.69, 9.17) is 0 Å². The number of ether oxygens (including phenoxy) is 1. The number of carbonyl (C=O) groups excluding carboxylic acids is 2. The quantitative estimate of drug-likeness (QED) is 0.376. The van der Waals surface area contributed by atoms with Gasteiger partial charge in [-0.25, -0.2) is 9.18 Å². The number of phenolic OH excluding ortho intramolecular Hbond substituents is 1. The number of phenols is 1. The molecule has 1 aromatic rings. The number of nitrogens with one attached hydrogen (secondary N) is 1. The molecule has 1 aliphatic heterocycles. The van der Waals surface area contributed by atoms with Crippen molar-refractivity contribution < 1.29 is 23.8 Å². The lowest BCUT2D eigenvalue weighted by atomic mass is 10.2. The molecule has 9 heteroatoms. The van der Waals surface area contributed by atoms with Gasteiger partial charge in [-0.3, -0.25) is 10.1 Å². The first-order valence-electron chi connectivity index (χ1n) is 5.88. The van der Waals surface area contributed by atoms with E-state index in [-0.39, 0.29) is 15.6 Å². The lowest BCUT2D eigenvalue weighted by Gasteiger charge is -1.97. The SMILES string of the molecule is COC(=O)/C=C1/S/C(=N\N=Cc2cccc(F)c2O)NC1=O. The molecule has 1 heterocycles. The molecule has 2 rings (SSSR count). The lowest BCUT2D eigenvalue weighted by Crippen LogP contribution is -2.19. The van der Waals surface area contributed by atoms with Gasteiger partial charge in [0.2, 0.25) is 0 Å². The molecule has 0 bridgehead atoms. The van der Waals surface area contributed by atoms with E-state index < -0.39 is 23.4 Å². The summed E-state index contributed by atoms with van der Waals surface area (Å²) >= 11 is 0.904. The van der Waals surface area contributed by atoms with E-state index in [0.717, 1.165) is 30.1 Å². The van der Waals surface area contributed by atoms with Crippen molar-refractivity contribution in [2.24, 2.45) is 10.2 Å². The second kappa shape index (κ2) is 6.85.